The highest BCUT2D eigenvalue weighted by atomic mass is 19.3. The van der Waals surface area contributed by atoms with Gasteiger partial charge in [0.2, 0.25) is 0 Å². The van der Waals surface area contributed by atoms with Gasteiger partial charge in [0.15, 0.2) is 6.29 Å². The van der Waals surface area contributed by atoms with Gasteiger partial charge in [0.25, 0.3) is 5.92 Å². The van der Waals surface area contributed by atoms with Gasteiger partial charge in [-0.3, -0.25) is 9.78 Å². The molecule has 0 aromatic carbocycles. The molecule has 74 valence electrons. The van der Waals surface area contributed by atoms with Gasteiger partial charge >= 0.3 is 0 Å². The summed E-state index contributed by atoms with van der Waals surface area (Å²) >= 11 is 0. The van der Waals surface area contributed by atoms with E-state index in [2.05, 4.69) is 4.98 Å². The molecular formula is C9H8F2N2O. The molecule has 0 saturated carbocycles. The first-order valence-electron chi connectivity index (χ1n) is 4.15. The molecule has 1 aliphatic rings. The summed E-state index contributed by atoms with van der Waals surface area (Å²) in [5, 5.41) is 0. The fraction of sp³-hybridized carbons (Fsp3) is 0.333. The first-order valence-corrected chi connectivity index (χ1v) is 4.15. The quantitative estimate of drug-likeness (QED) is 0.672. The number of aldehydes is 1. The largest absolute Gasteiger partial charge is 0.357 e. The van der Waals surface area contributed by atoms with Gasteiger partial charge in [-0.05, 0) is 12.1 Å². The smallest absolute Gasteiger partial charge is 0.282 e. The summed E-state index contributed by atoms with van der Waals surface area (Å²) in [6.07, 6.45) is 2.04. The van der Waals surface area contributed by atoms with E-state index >= 15 is 0 Å². The number of alkyl halides is 2. The molecule has 2 rings (SSSR count). The van der Waals surface area contributed by atoms with Crippen LogP contribution >= 0.6 is 0 Å². The molecule has 0 atom stereocenters. The number of hydrogen-bond donors (Lipinski definition) is 0. The lowest BCUT2D eigenvalue weighted by Gasteiger charge is -2.40. The summed E-state index contributed by atoms with van der Waals surface area (Å²) in [6, 6.07) is 3.24. The number of carbonyl (C=O) groups is 1. The Balaban J connectivity index is 2.22. The van der Waals surface area contributed by atoms with Crippen molar-refractivity contribution in [3.05, 3.63) is 24.0 Å². The van der Waals surface area contributed by atoms with Crippen LogP contribution in [-0.2, 0) is 0 Å². The Hall–Kier alpha value is -1.52. The van der Waals surface area contributed by atoms with Crippen molar-refractivity contribution in [1.82, 2.24) is 4.98 Å². The Morgan fingerprint density at radius 1 is 1.50 bits per heavy atom. The molecule has 1 aliphatic heterocycles. The van der Waals surface area contributed by atoms with E-state index in [1.165, 1.54) is 11.1 Å². The second-order valence-electron chi connectivity index (χ2n) is 3.24. The Morgan fingerprint density at radius 2 is 2.21 bits per heavy atom. The lowest BCUT2D eigenvalue weighted by molar-refractivity contribution is -0.0263. The topological polar surface area (TPSA) is 33.2 Å². The van der Waals surface area contributed by atoms with Crippen LogP contribution in [0.2, 0.25) is 0 Å². The molecule has 0 unspecified atom stereocenters. The Bertz CT molecular complexity index is 360. The van der Waals surface area contributed by atoms with Crippen LogP contribution in [0.5, 0.6) is 0 Å². The van der Waals surface area contributed by atoms with Gasteiger partial charge in [0, 0.05) is 6.20 Å². The highest BCUT2D eigenvalue weighted by molar-refractivity contribution is 5.82. The maximum absolute atomic E-state index is 12.6. The molecule has 1 aromatic rings. The van der Waals surface area contributed by atoms with Gasteiger partial charge in [0.1, 0.15) is 5.69 Å². The van der Waals surface area contributed by atoms with Crippen molar-refractivity contribution in [2.24, 2.45) is 0 Å². The summed E-state index contributed by atoms with van der Waals surface area (Å²) in [6.45, 7) is -0.668. The van der Waals surface area contributed by atoms with Crippen LogP contribution in [-0.4, -0.2) is 30.3 Å². The van der Waals surface area contributed by atoms with Crippen LogP contribution in [0.1, 0.15) is 10.5 Å². The normalized spacial score (nSPS) is 18.9. The molecule has 1 fully saturated rings. The van der Waals surface area contributed by atoms with E-state index in [9.17, 15) is 13.6 Å². The summed E-state index contributed by atoms with van der Waals surface area (Å²) in [5.41, 5.74) is 0.691. The molecule has 0 N–H and O–H groups in total. The Labute approximate surface area is 79.4 Å². The summed E-state index contributed by atoms with van der Waals surface area (Å²) in [7, 11) is 0. The van der Waals surface area contributed by atoms with Crippen LogP contribution in [0.25, 0.3) is 0 Å². The molecule has 1 aromatic heterocycles. The van der Waals surface area contributed by atoms with Crippen LogP contribution in [0, 0.1) is 0 Å². The number of nitrogens with zero attached hydrogens (tertiary/aromatic N) is 2. The number of aromatic nitrogens is 1. The van der Waals surface area contributed by atoms with Crippen LogP contribution in [0.3, 0.4) is 0 Å². The van der Waals surface area contributed by atoms with Gasteiger partial charge in [-0.25, -0.2) is 8.78 Å². The van der Waals surface area contributed by atoms with Crippen LogP contribution in [0.4, 0.5) is 14.5 Å². The molecule has 0 amide bonds. The van der Waals surface area contributed by atoms with Crippen molar-refractivity contribution in [2.75, 3.05) is 18.0 Å². The molecule has 3 nitrogen and oxygen atoms in total. The van der Waals surface area contributed by atoms with E-state index in [-0.39, 0.29) is 18.8 Å². The number of hydrogen-bond acceptors (Lipinski definition) is 3. The Kier molecular flexibility index (Phi) is 1.94. The average Bonchev–Trinajstić information content (AvgIpc) is 2.14. The monoisotopic (exact) mass is 198 g/mol. The highest BCUT2D eigenvalue weighted by Gasteiger charge is 2.44. The van der Waals surface area contributed by atoms with Crippen molar-refractivity contribution in [1.29, 1.82) is 0 Å². The zero-order valence-corrected chi connectivity index (χ0v) is 7.28. The number of anilines is 1. The summed E-state index contributed by atoms with van der Waals surface area (Å²) in [4.78, 5) is 15.8. The maximum atomic E-state index is 12.6. The van der Waals surface area contributed by atoms with E-state index in [0.29, 0.717) is 12.0 Å². The number of carbonyl (C=O) groups excluding carboxylic acids is 1. The first-order chi connectivity index (χ1) is 6.62. The van der Waals surface area contributed by atoms with Crippen molar-refractivity contribution in [2.45, 2.75) is 5.92 Å². The zero-order chi connectivity index (χ0) is 10.2. The minimum absolute atomic E-state index is 0.211. The van der Waals surface area contributed by atoms with Crippen LogP contribution in [0.15, 0.2) is 18.3 Å². The minimum Gasteiger partial charge on any atom is -0.357 e. The van der Waals surface area contributed by atoms with E-state index < -0.39 is 5.92 Å². The van der Waals surface area contributed by atoms with E-state index in [1.54, 1.807) is 12.1 Å². The zero-order valence-electron chi connectivity index (χ0n) is 7.28. The molecule has 0 aliphatic carbocycles. The predicted molar refractivity (Wildman–Crippen MR) is 46.8 cm³/mol. The molecule has 14 heavy (non-hydrogen) atoms. The second-order valence-corrected chi connectivity index (χ2v) is 3.24. The van der Waals surface area contributed by atoms with Crippen molar-refractivity contribution in [3.8, 4) is 0 Å². The number of rotatable bonds is 2. The van der Waals surface area contributed by atoms with E-state index in [4.69, 9.17) is 0 Å². The average molecular weight is 198 g/mol. The summed E-state index contributed by atoms with van der Waals surface area (Å²) < 4.78 is 25.1. The molecule has 0 radical (unpaired) electrons. The Morgan fingerprint density at radius 3 is 2.79 bits per heavy atom. The van der Waals surface area contributed by atoms with Gasteiger partial charge in [-0.15, -0.1) is 0 Å². The van der Waals surface area contributed by atoms with E-state index in [0.717, 1.165) is 0 Å². The number of pyridine rings is 1. The van der Waals surface area contributed by atoms with Crippen molar-refractivity contribution < 1.29 is 13.6 Å². The SMILES string of the molecule is O=Cc1ncccc1N1CC(F)(F)C1. The van der Waals surface area contributed by atoms with E-state index in [1.807, 2.05) is 0 Å². The van der Waals surface area contributed by atoms with Crippen molar-refractivity contribution in [3.63, 3.8) is 0 Å². The fourth-order valence-electron chi connectivity index (χ4n) is 1.45. The standard InChI is InChI=1S/C9H8F2N2O/c10-9(11)5-13(6-9)8-2-1-3-12-7(8)4-14/h1-4H,5-6H2. The predicted octanol–water partition coefficient (Wildman–Crippen LogP) is 1.35. The fourth-order valence-corrected chi connectivity index (χ4v) is 1.45. The lowest BCUT2D eigenvalue weighted by Crippen LogP contribution is -2.56. The van der Waals surface area contributed by atoms with Gasteiger partial charge in [-0.1, -0.05) is 0 Å². The van der Waals surface area contributed by atoms with Gasteiger partial charge in [0.05, 0.1) is 18.8 Å². The number of halogens is 2. The third kappa shape index (κ3) is 1.45. The first kappa shape index (κ1) is 9.05. The molecule has 0 spiro atoms. The third-order valence-electron chi connectivity index (χ3n) is 2.11. The van der Waals surface area contributed by atoms with Crippen molar-refractivity contribution >= 4 is 12.0 Å². The molecular weight excluding hydrogens is 190 g/mol. The highest BCUT2D eigenvalue weighted by Crippen LogP contribution is 2.32. The molecule has 2 heterocycles. The molecule has 0 bridgehead atoms. The van der Waals surface area contributed by atoms with Gasteiger partial charge < -0.3 is 4.90 Å². The maximum Gasteiger partial charge on any atom is 0.282 e. The minimum atomic E-state index is -2.63. The van der Waals surface area contributed by atoms with Crippen LogP contribution < -0.4 is 4.90 Å². The third-order valence-corrected chi connectivity index (χ3v) is 2.11. The summed E-state index contributed by atoms with van der Waals surface area (Å²) in [5.74, 6) is -2.63. The second kappa shape index (κ2) is 3.01. The molecule has 5 heteroatoms. The lowest BCUT2D eigenvalue weighted by atomic mass is 10.1. The molecule has 1 saturated heterocycles. The van der Waals surface area contributed by atoms with Gasteiger partial charge in [-0.2, -0.15) is 0 Å².